The fourth-order valence-electron chi connectivity index (χ4n) is 1.37. The van der Waals surface area contributed by atoms with Crippen LogP contribution in [0.2, 0.25) is 5.02 Å². The third-order valence-electron chi connectivity index (χ3n) is 2.23. The first-order valence-electron chi connectivity index (χ1n) is 5.24. The fourth-order valence-corrected chi connectivity index (χ4v) is 2.15. The van der Waals surface area contributed by atoms with Gasteiger partial charge in [0.05, 0.1) is 16.2 Å². The van der Waals surface area contributed by atoms with Gasteiger partial charge in [0.2, 0.25) is 0 Å². The molecule has 0 aliphatic rings. The number of thiazole rings is 1. The summed E-state index contributed by atoms with van der Waals surface area (Å²) in [6.45, 7) is 0.482. The van der Waals surface area contributed by atoms with Crippen molar-refractivity contribution in [1.29, 1.82) is 0 Å². The van der Waals surface area contributed by atoms with E-state index in [9.17, 15) is 4.79 Å². The van der Waals surface area contributed by atoms with E-state index in [2.05, 4.69) is 15.3 Å². The molecule has 2 heterocycles. The van der Waals surface area contributed by atoms with Gasteiger partial charge in [-0.25, -0.2) is 9.97 Å². The molecule has 0 saturated carbocycles. The molecule has 2 aromatic heterocycles. The largest absolute Gasteiger partial charge is 0.384 e. The molecule has 0 saturated heterocycles. The lowest BCUT2D eigenvalue weighted by Crippen LogP contribution is -2.27. The quantitative estimate of drug-likeness (QED) is 0.895. The van der Waals surface area contributed by atoms with Crippen LogP contribution in [0.1, 0.15) is 16.2 Å². The summed E-state index contributed by atoms with van der Waals surface area (Å²) in [7, 11) is 0. The molecule has 0 fully saturated rings. The molecule has 0 aliphatic heterocycles. The number of hydrogen-bond acceptors (Lipinski definition) is 5. The van der Waals surface area contributed by atoms with Gasteiger partial charge in [-0.15, -0.1) is 11.3 Å². The van der Waals surface area contributed by atoms with Crippen molar-refractivity contribution >= 4 is 34.7 Å². The first-order chi connectivity index (χ1) is 8.66. The Morgan fingerprint density at radius 2 is 2.33 bits per heavy atom. The fraction of sp³-hybridized carbons (Fsp3) is 0.182. The minimum atomic E-state index is -0.331. The van der Waals surface area contributed by atoms with Crippen LogP contribution in [-0.4, -0.2) is 22.4 Å². The molecule has 5 nitrogen and oxygen atoms in total. The van der Waals surface area contributed by atoms with E-state index in [1.54, 1.807) is 17.6 Å². The molecule has 0 aromatic carbocycles. The van der Waals surface area contributed by atoms with Crippen molar-refractivity contribution < 1.29 is 4.79 Å². The van der Waals surface area contributed by atoms with Crippen LogP contribution >= 0.6 is 22.9 Å². The van der Waals surface area contributed by atoms with E-state index in [1.165, 1.54) is 11.3 Å². The summed E-state index contributed by atoms with van der Waals surface area (Å²) in [4.78, 5) is 19.8. The van der Waals surface area contributed by atoms with Gasteiger partial charge in [0.15, 0.2) is 0 Å². The number of nitrogen functional groups attached to an aromatic ring is 1. The summed E-state index contributed by atoms with van der Waals surface area (Å²) in [6, 6.07) is 3.10. The average molecular weight is 283 g/mol. The first-order valence-corrected chi connectivity index (χ1v) is 6.56. The highest BCUT2D eigenvalue weighted by Crippen LogP contribution is 2.14. The topological polar surface area (TPSA) is 80.9 Å². The van der Waals surface area contributed by atoms with Crippen LogP contribution in [0, 0.1) is 0 Å². The standard InChI is InChI=1S/C11H11ClN4OS/c12-8-1-2-9(13)16-10(8)11(17)14-4-3-7-5-18-6-15-7/h1-2,5-6H,3-4H2,(H2,13,16)(H,14,17). The van der Waals surface area contributed by atoms with E-state index in [0.29, 0.717) is 13.0 Å². The minimum Gasteiger partial charge on any atom is -0.384 e. The van der Waals surface area contributed by atoms with Crippen LogP contribution in [-0.2, 0) is 6.42 Å². The molecule has 0 bridgehead atoms. The number of aromatic nitrogens is 2. The highest BCUT2D eigenvalue weighted by molar-refractivity contribution is 7.07. The molecule has 3 N–H and O–H groups in total. The Labute approximate surface area is 113 Å². The van der Waals surface area contributed by atoms with Crippen LogP contribution in [0.25, 0.3) is 0 Å². The molecule has 94 valence electrons. The number of carbonyl (C=O) groups is 1. The molecule has 0 unspecified atom stereocenters. The maximum atomic E-state index is 11.8. The molecule has 0 spiro atoms. The number of pyridine rings is 1. The van der Waals surface area contributed by atoms with Crippen molar-refractivity contribution in [3.63, 3.8) is 0 Å². The van der Waals surface area contributed by atoms with E-state index in [0.717, 1.165) is 5.69 Å². The number of halogens is 1. The normalized spacial score (nSPS) is 10.3. The number of nitrogens with zero attached hydrogens (tertiary/aromatic N) is 2. The predicted octanol–water partition coefficient (Wildman–Crippen LogP) is 1.75. The minimum absolute atomic E-state index is 0.148. The third kappa shape index (κ3) is 3.18. The van der Waals surface area contributed by atoms with Crippen LogP contribution in [0.4, 0.5) is 5.82 Å². The molecule has 0 radical (unpaired) electrons. The molecule has 18 heavy (non-hydrogen) atoms. The van der Waals surface area contributed by atoms with E-state index in [4.69, 9.17) is 17.3 Å². The zero-order valence-corrected chi connectivity index (χ0v) is 11.0. The van der Waals surface area contributed by atoms with E-state index >= 15 is 0 Å². The van der Waals surface area contributed by atoms with Gasteiger partial charge < -0.3 is 11.1 Å². The van der Waals surface area contributed by atoms with Gasteiger partial charge in [-0.05, 0) is 12.1 Å². The Morgan fingerprint density at radius 3 is 3.06 bits per heavy atom. The van der Waals surface area contributed by atoms with Crippen LogP contribution < -0.4 is 11.1 Å². The maximum Gasteiger partial charge on any atom is 0.271 e. The van der Waals surface area contributed by atoms with Crippen molar-refractivity contribution in [2.75, 3.05) is 12.3 Å². The number of anilines is 1. The zero-order valence-electron chi connectivity index (χ0n) is 9.39. The van der Waals surface area contributed by atoms with Gasteiger partial charge in [0, 0.05) is 18.3 Å². The van der Waals surface area contributed by atoms with Crippen molar-refractivity contribution in [3.8, 4) is 0 Å². The number of amides is 1. The van der Waals surface area contributed by atoms with Gasteiger partial charge >= 0.3 is 0 Å². The van der Waals surface area contributed by atoms with Gasteiger partial charge in [-0.3, -0.25) is 4.79 Å². The van der Waals surface area contributed by atoms with Crippen molar-refractivity contribution in [1.82, 2.24) is 15.3 Å². The summed E-state index contributed by atoms with van der Waals surface area (Å²) >= 11 is 7.41. The van der Waals surface area contributed by atoms with E-state index < -0.39 is 0 Å². The zero-order chi connectivity index (χ0) is 13.0. The highest BCUT2D eigenvalue weighted by Gasteiger charge is 2.12. The van der Waals surface area contributed by atoms with Crippen molar-refractivity contribution in [2.45, 2.75) is 6.42 Å². The van der Waals surface area contributed by atoms with Crippen LogP contribution in [0.3, 0.4) is 0 Å². The van der Waals surface area contributed by atoms with Gasteiger partial charge in [-0.2, -0.15) is 0 Å². The SMILES string of the molecule is Nc1ccc(Cl)c(C(=O)NCCc2cscn2)n1. The molecule has 0 aliphatic carbocycles. The summed E-state index contributed by atoms with van der Waals surface area (Å²) in [5.74, 6) is -0.0634. The molecular weight excluding hydrogens is 272 g/mol. The van der Waals surface area contributed by atoms with Gasteiger partial charge in [-0.1, -0.05) is 11.6 Å². The summed E-state index contributed by atoms with van der Waals surface area (Å²) in [5, 5.41) is 4.96. The predicted molar refractivity (Wildman–Crippen MR) is 71.8 cm³/mol. The Kier molecular flexibility index (Phi) is 4.11. The number of carbonyl (C=O) groups excluding carboxylic acids is 1. The third-order valence-corrected chi connectivity index (χ3v) is 3.17. The van der Waals surface area contributed by atoms with Crippen molar-refractivity contribution in [2.24, 2.45) is 0 Å². The van der Waals surface area contributed by atoms with E-state index in [1.807, 2.05) is 5.38 Å². The Balaban J connectivity index is 1.93. The number of hydrogen-bond donors (Lipinski definition) is 2. The maximum absolute atomic E-state index is 11.8. The van der Waals surface area contributed by atoms with Gasteiger partial charge in [0.1, 0.15) is 11.5 Å². The number of nitrogens with one attached hydrogen (secondary N) is 1. The summed E-state index contributed by atoms with van der Waals surface area (Å²) < 4.78 is 0. The lowest BCUT2D eigenvalue weighted by Gasteiger charge is -2.05. The molecular formula is C11H11ClN4OS. The lowest BCUT2D eigenvalue weighted by atomic mass is 10.3. The summed E-state index contributed by atoms with van der Waals surface area (Å²) in [6.07, 6.45) is 0.676. The van der Waals surface area contributed by atoms with Gasteiger partial charge in [0.25, 0.3) is 5.91 Å². The molecule has 1 amide bonds. The monoisotopic (exact) mass is 282 g/mol. The number of rotatable bonds is 4. The molecule has 2 aromatic rings. The van der Waals surface area contributed by atoms with Crippen molar-refractivity contribution in [3.05, 3.63) is 39.4 Å². The van der Waals surface area contributed by atoms with E-state index in [-0.39, 0.29) is 22.4 Å². The van der Waals surface area contributed by atoms with Crippen LogP contribution in [0.5, 0.6) is 0 Å². The smallest absolute Gasteiger partial charge is 0.271 e. The average Bonchev–Trinajstić information content (AvgIpc) is 2.85. The Bertz CT molecular complexity index is 544. The number of nitrogens with two attached hydrogens (primary N) is 1. The first kappa shape index (κ1) is 12.8. The highest BCUT2D eigenvalue weighted by atomic mass is 35.5. The van der Waals surface area contributed by atoms with Crippen LogP contribution in [0.15, 0.2) is 23.0 Å². The Hall–Kier alpha value is -1.66. The summed E-state index contributed by atoms with van der Waals surface area (Å²) in [5.41, 5.74) is 8.37. The Morgan fingerprint density at radius 1 is 1.50 bits per heavy atom. The second-order valence-corrected chi connectivity index (χ2v) is 4.68. The molecule has 7 heteroatoms. The molecule has 0 atom stereocenters. The second kappa shape index (κ2) is 5.79. The lowest BCUT2D eigenvalue weighted by molar-refractivity contribution is 0.0949. The molecule has 2 rings (SSSR count). The second-order valence-electron chi connectivity index (χ2n) is 3.55.